The van der Waals surface area contributed by atoms with Crippen molar-refractivity contribution in [2.75, 3.05) is 18.4 Å². The molecule has 1 atom stereocenters. The van der Waals surface area contributed by atoms with Crippen molar-refractivity contribution in [1.82, 2.24) is 15.6 Å². The van der Waals surface area contributed by atoms with E-state index in [1.165, 1.54) is 0 Å². The van der Waals surface area contributed by atoms with Crippen LogP contribution in [0.15, 0.2) is 12.1 Å². The molecule has 1 aromatic heterocycles. The summed E-state index contributed by atoms with van der Waals surface area (Å²) >= 11 is 0. The van der Waals surface area contributed by atoms with Crippen LogP contribution in [-0.2, 0) is 4.79 Å². The molecule has 0 spiro atoms. The number of pyridine rings is 1. The van der Waals surface area contributed by atoms with E-state index in [1.54, 1.807) is 12.1 Å². The van der Waals surface area contributed by atoms with Crippen molar-refractivity contribution in [3.8, 4) is 0 Å². The average Bonchev–Trinajstić information content (AvgIpc) is 2.81. The standard InChI is InChI=1S/C14H20N4O2/c1-3-4-15-12-6-10(5-9(2)17-12)14(20)18-11-7-13(19)16-8-11/h5-6,11H,3-4,7-8H2,1-2H3,(H,15,17)(H,16,19)(H,18,20). The summed E-state index contributed by atoms with van der Waals surface area (Å²) in [4.78, 5) is 27.6. The van der Waals surface area contributed by atoms with Gasteiger partial charge in [0.15, 0.2) is 0 Å². The molecule has 1 aliphatic rings. The van der Waals surface area contributed by atoms with Gasteiger partial charge in [0.2, 0.25) is 5.91 Å². The first-order valence-corrected chi connectivity index (χ1v) is 6.88. The second-order valence-corrected chi connectivity index (χ2v) is 4.99. The summed E-state index contributed by atoms with van der Waals surface area (Å²) in [5.41, 5.74) is 1.35. The van der Waals surface area contributed by atoms with Crippen molar-refractivity contribution in [2.45, 2.75) is 32.7 Å². The minimum atomic E-state index is -0.170. The normalized spacial score (nSPS) is 17.7. The highest BCUT2D eigenvalue weighted by atomic mass is 16.2. The van der Waals surface area contributed by atoms with E-state index in [4.69, 9.17) is 0 Å². The SMILES string of the molecule is CCCNc1cc(C(=O)NC2CNC(=O)C2)cc(C)n1. The lowest BCUT2D eigenvalue weighted by atomic mass is 10.2. The molecule has 0 radical (unpaired) electrons. The van der Waals surface area contributed by atoms with E-state index in [0.717, 1.165) is 18.7 Å². The van der Waals surface area contributed by atoms with Gasteiger partial charge in [-0.3, -0.25) is 9.59 Å². The molecule has 20 heavy (non-hydrogen) atoms. The number of hydrogen-bond acceptors (Lipinski definition) is 4. The lowest BCUT2D eigenvalue weighted by Crippen LogP contribution is -2.36. The van der Waals surface area contributed by atoms with Crippen molar-refractivity contribution in [3.63, 3.8) is 0 Å². The first kappa shape index (κ1) is 14.3. The summed E-state index contributed by atoms with van der Waals surface area (Å²) in [7, 11) is 0. The van der Waals surface area contributed by atoms with Crippen LogP contribution in [0.5, 0.6) is 0 Å². The third-order valence-electron chi connectivity index (χ3n) is 3.08. The van der Waals surface area contributed by atoms with E-state index in [1.807, 2.05) is 6.92 Å². The first-order chi connectivity index (χ1) is 9.58. The number of nitrogens with zero attached hydrogens (tertiary/aromatic N) is 1. The van der Waals surface area contributed by atoms with Gasteiger partial charge in [0.1, 0.15) is 5.82 Å². The van der Waals surface area contributed by atoms with Gasteiger partial charge in [-0.15, -0.1) is 0 Å². The molecule has 2 heterocycles. The molecule has 1 saturated heterocycles. The summed E-state index contributed by atoms with van der Waals surface area (Å²) in [5.74, 6) is 0.515. The number of hydrogen-bond donors (Lipinski definition) is 3. The van der Waals surface area contributed by atoms with E-state index in [2.05, 4.69) is 27.9 Å². The van der Waals surface area contributed by atoms with Gasteiger partial charge >= 0.3 is 0 Å². The van der Waals surface area contributed by atoms with Crippen molar-refractivity contribution in [2.24, 2.45) is 0 Å². The number of carbonyl (C=O) groups excluding carboxylic acids is 2. The Labute approximate surface area is 118 Å². The smallest absolute Gasteiger partial charge is 0.251 e. The molecular formula is C14H20N4O2. The zero-order valence-electron chi connectivity index (χ0n) is 11.8. The van der Waals surface area contributed by atoms with E-state index in [9.17, 15) is 9.59 Å². The van der Waals surface area contributed by atoms with E-state index in [0.29, 0.717) is 24.3 Å². The van der Waals surface area contributed by atoms with Gasteiger partial charge in [0, 0.05) is 30.8 Å². The molecule has 0 bridgehead atoms. The molecule has 0 saturated carbocycles. The largest absolute Gasteiger partial charge is 0.370 e. The van der Waals surface area contributed by atoms with Gasteiger partial charge in [0.25, 0.3) is 5.91 Å². The molecule has 6 heteroatoms. The van der Waals surface area contributed by atoms with Crippen molar-refractivity contribution < 1.29 is 9.59 Å². The Hall–Kier alpha value is -2.11. The molecule has 1 aliphatic heterocycles. The maximum atomic E-state index is 12.2. The number of carbonyl (C=O) groups is 2. The predicted octanol–water partition coefficient (Wildman–Crippen LogP) is 0.830. The lowest BCUT2D eigenvalue weighted by molar-refractivity contribution is -0.119. The highest BCUT2D eigenvalue weighted by molar-refractivity contribution is 5.95. The predicted molar refractivity (Wildman–Crippen MR) is 76.6 cm³/mol. The Bertz CT molecular complexity index is 516. The van der Waals surface area contributed by atoms with Gasteiger partial charge in [-0.1, -0.05) is 6.92 Å². The Morgan fingerprint density at radius 1 is 1.50 bits per heavy atom. The maximum Gasteiger partial charge on any atom is 0.251 e. The van der Waals surface area contributed by atoms with Crippen LogP contribution in [0.2, 0.25) is 0 Å². The zero-order chi connectivity index (χ0) is 14.5. The fourth-order valence-electron chi connectivity index (χ4n) is 2.12. The summed E-state index contributed by atoms with van der Waals surface area (Å²) < 4.78 is 0. The van der Waals surface area contributed by atoms with Crippen LogP contribution >= 0.6 is 0 Å². The van der Waals surface area contributed by atoms with E-state index in [-0.39, 0.29) is 17.9 Å². The molecule has 0 aliphatic carbocycles. The minimum Gasteiger partial charge on any atom is -0.370 e. The van der Waals surface area contributed by atoms with E-state index < -0.39 is 0 Å². The number of amides is 2. The Kier molecular flexibility index (Phi) is 4.55. The molecule has 0 aromatic carbocycles. The molecule has 1 aromatic rings. The Balaban J connectivity index is 2.04. The zero-order valence-corrected chi connectivity index (χ0v) is 11.8. The number of anilines is 1. The molecule has 1 unspecified atom stereocenters. The van der Waals surface area contributed by atoms with Crippen LogP contribution in [0.3, 0.4) is 0 Å². The fourth-order valence-corrected chi connectivity index (χ4v) is 2.12. The van der Waals surface area contributed by atoms with Crippen LogP contribution in [0.25, 0.3) is 0 Å². The molecule has 6 nitrogen and oxygen atoms in total. The fraction of sp³-hybridized carbons (Fsp3) is 0.500. The van der Waals surface area contributed by atoms with Gasteiger partial charge in [-0.25, -0.2) is 4.98 Å². The average molecular weight is 276 g/mol. The van der Waals surface area contributed by atoms with Crippen LogP contribution in [0.4, 0.5) is 5.82 Å². The van der Waals surface area contributed by atoms with Crippen molar-refractivity contribution in [3.05, 3.63) is 23.4 Å². The molecule has 2 amide bonds. The van der Waals surface area contributed by atoms with Crippen LogP contribution in [0.1, 0.15) is 35.8 Å². The quantitative estimate of drug-likeness (QED) is 0.744. The first-order valence-electron chi connectivity index (χ1n) is 6.88. The van der Waals surface area contributed by atoms with Crippen LogP contribution in [0, 0.1) is 6.92 Å². The number of nitrogens with one attached hydrogen (secondary N) is 3. The minimum absolute atomic E-state index is 0.0217. The molecule has 108 valence electrons. The number of rotatable bonds is 5. The molecule has 2 rings (SSSR count). The van der Waals surface area contributed by atoms with Crippen molar-refractivity contribution >= 4 is 17.6 Å². The second-order valence-electron chi connectivity index (χ2n) is 4.99. The van der Waals surface area contributed by atoms with Gasteiger partial charge in [0.05, 0.1) is 6.04 Å². The summed E-state index contributed by atoms with van der Waals surface area (Å²) in [6.07, 6.45) is 1.34. The van der Waals surface area contributed by atoms with Gasteiger partial charge < -0.3 is 16.0 Å². The third kappa shape index (κ3) is 3.69. The Morgan fingerprint density at radius 3 is 2.95 bits per heavy atom. The topological polar surface area (TPSA) is 83.1 Å². The summed E-state index contributed by atoms with van der Waals surface area (Å²) in [5, 5.41) is 8.73. The number of aryl methyl sites for hydroxylation is 1. The second kappa shape index (κ2) is 6.36. The van der Waals surface area contributed by atoms with E-state index >= 15 is 0 Å². The molecular weight excluding hydrogens is 256 g/mol. The van der Waals surface area contributed by atoms with Gasteiger partial charge in [-0.2, -0.15) is 0 Å². The Morgan fingerprint density at radius 2 is 2.30 bits per heavy atom. The number of aromatic nitrogens is 1. The lowest BCUT2D eigenvalue weighted by Gasteiger charge is -2.12. The maximum absolute atomic E-state index is 12.2. The van der Waals surface area contributed by atoms with Crippen molar-refractivity contribution in [1.29, 1.82) is 0 Å². The molecule has 3 N–H and O–H groups in total. The van der Waals surface area contributed by atoms with Crippen LogP contribution in [-0.4, -0.2) is 35.9 Å². The highest BCUT2D eigenvalue weighted by Gasteiger charge is 2.23. The summed E-state index contributed by atoms with van der Waals surface area (Å²) in [6, 6.07) is 3.36. The highest BCUT2D eigenvalue weighted by Crippen LogP contribution is 2.11. The monoisotopic (exact) mass is 276 g/mol. The summed E-state index contributed by atoms with van der Waals surface area (Å²) in [6.45, 7) is 5.24. The third-order valence-corrected chi connectivity index (χ3v) is 3.08. The molecule has 1 fully saturated rings. The van der Waals surface area contributed by atoms with Gasteiger partial charge in [-0.05, 0) is 25.5 Å². The van der Waals surface area contributed by atoms with Crippen LogP contribution < -0.4 is 16.0 Å².